The van der Waals surface area contributed by atoms with E-state index in [2.05, 4.69) is 0 Å². The number of aryl methyl sites for hydroxylation is 1. The molecule has 0 radical (unpaired) electrons. The Balaban J connectivity index is 2.11. The van der Waals surface area contributed by atoms with Crippen LogP contribution in [0.25, 0.3) is 10.9 Å². The van der Waals surface area contributed by atoms with E-state index in [0.717, 1.165) is 16.6 Å². The average molecular weight is 357 g/mol. The summed E-state index contributed by atoms with van der Waals surface area (Å²) in [6.45, 7) is 0.425. The van der Waals surface area contributed by atoms with E-state index < -0.39 is 11.9 Å². The molecule has 3 aromatic rings. The number of carboxylic acids is 2. The zero-order valence-electron chi connectivity index (χ0n) is 13.2. The molecule has 0 saturated heterocycles. The van der Waals surface area contributed by atoms with E-state index in [9.17, 15) is 14.7 Å². The van der Waals surface area contributed by atoms with Crippen LogP contribution in [0.1, 0.15) is 28.0 Å². The number of halogens is 1. The first kappa shape index (κ1) is 17.0. The summed E-state index contributed by atoms with van der Waals surface area (Å²) in [6.07, 6.45) is 0.335. The van der Waals surface area contributed by atoms with Crippen LogP contribution in [-0.2, 0) is 17.8 Å². The van der Waals surface area contributed by atoms with E-state index in [4.69, 9.17) is 16.7 Å². The van der Waals surface area contributed by atoms with Gasteiger partial charge in [-0.15, -0.1) is 0 Å². The Bertz CT molecular complexity index is 961. The minimum Gasteiger partial charge on any atom is -0.545 e. The molecule has 3 rings (SSSR count). The van der Waals surface area contributed by atoms with Crippen LogP contribution in [0, 0.1) is 0 Å². The van der Waals surface area contributed by atoms with Crippen molar-refractivity contribution >= 4 is 34.4 Å². The van der Waals surface area contributed by atoms with Gasteiger partial charge in [-0.2, -0.15) is 0 Å². The molecule has 2 aromatic carbocycles. The molecule has 0 saturated carbocycles. The van der Waals surface area contributed by atoms with E-state index in [1.54, 1.807) is 18.2 Å². The van der Waals surface area contributed by atoms with E-state index in [1.165, 1.54) is 6.07 Å². The van der Waals surface area contributed by atoms with Crippen LogP contribution in [-0.4, -0.2) is 21.6 Å². The van der Waals surface area contributed by atoms with Crippen molar-refractivity contribution in [2.45, 2.75) is 19.4 Å². The van der Waals surface area contributed by atoms with Gasteiger partial charge in [-0.3, -0.25) is 4.79 Å². The normalized spacial score (nSPS) is 10.9. The van der Waals surface area contributed by atoms with Crippen LogP contribution in [0.4, 0.5) is 0 Å². The zero-order chi connectivity index (χ0) is 18.0. The predicted octanol–water partition coefficient (Wildman–Crippen LogP) is 2.72. The molecule has 1 N–H and O–H groups in total. The predicted molar refractivity (Wildman–Crippen MR) is 92.8 cm³/mol. The van der Waals surface area contributed by atoms with Crippen molar-refractivity contribution in [2.75, 3.05) is 0 Å². The molecule has 0 unspecified atom stereocenters. The molecular weight excluding hydrogens is 342 g/mol. The number of aromatic carboxylic acids is 1. The maximum Gasteiger partial charge on any atom is 0.303 e. The number of fused-ring (bicyclic) bond motifs is 1. The van der Waals surface area contributed by atoms with E-state index in [0.29, 0.717) is 23.5 Å². The number of carbonyl (C=O) groups excluding carboxylic acids is 1. The van der Waals surface area contributed by atoms with Crippen molar-refractivity contribution in [3.05, 3.63) is 70.4 Å². The number of rotatable bonds is 6. The molecule has 0 aliphatic heterocycles. The Morgan fingerprint density at radius 3 is 2.56 bits per heavy atom. The molecule has 0 spiro atoms. The van der Waals surface area contributed by atoms with Crippen molar-refractivity contribution in [2.24, 2.45) is 0 Å². The monoisotopic (exact) mass is 356 g/mol. The van der Waals surface area contributed by atoms with Crippen molar-refractivity contribution in [1.82, 2.24) is 4.57 Å². The molecule has 1 heterocycles. The smallest absolute Gasteiger partial charge is 0.303 e. The number of aliphatic carboxylic acids is 1. The van der Waals surface area contributed by atoms with E-state index in [-0.39, 0.29) is 12.0 Å². The van der Waals surface area contributed by atoms with Crippen LogP contribution in [0.3, 0.4) is 0 Å². The first-order chi connectivity index (χ1) is 12.0. The second-order valence-electron chi connectivity index (χ2n) is 5.77. The molecule has 6 heteroatoms. The summed E-state index contributed by atoms with van der Waals surface area (Å²) in [4.78, 5) is 22.1. The third-order valence-electron chi connectivity index (χ3n) is 4.11. The standard InChI is InChI=1S/C19H16ClNO4/c20-16-4-2-1-3-14(16)11-21-15(7-8-18(22)23)9-12-5-6-13(19(24)25)10-17(12)21/h1-6,9-10H,7-8,11H2,(H,22,23)(H,24,25)/p-1. The van der Waals surface area contributed by atoms with Gasteiger partial charge in [-0.1, -0.05) is 41.9 Å². The number of carboxylic acid groups (broad SMARTS) is 2. The Morgan fingerprint density at radius 2 is 1.88 bits per heavy atom. The van der Waals surface area contributed by atoms with Gasteiger partial charge in [0.25, 0.3) is 0 Å². The topological polar surface area (TPSA) is 82.4 Å². The minimum absolute atomic E-state index is 0.00775. The fourth-order valence-corrected chi connectivity index (χ4v) is 3.06. The maximum absolute atomic E-state index is 11.2. The average Bonchev–Trinajstić information content (AvgIpc) is 2.92. The van der Waals surface area contributed by atoms with E-state index >= 15 is 0 Å². The summed E-state index contributed by atoms with van der Waals surface area (Å²) in [7, 11) is 0. The number of benzene rings is 2. The van der Waals surface area contributed by atoms with Gasteiger partial charge in [0.2, 0.25) is 0 Å². The number of aromatic nitrogens is 1. The minimum atomic E-state index is -1.25. The summed E-state index contributed by atoms with van der Waals surface area (Å²) in [6, 6.07) is 14.0. The van der Waals surface area contributed by atoms with Gasteiger partial charge in [0.1, 0.15) is 0 Å². The molecule has 0 aliphatic carbocycles. The molecule has 5 nitrogen and oxygen atoms in total. The largest absolute Gasteiger partial charge is 0.545 e. The first-order valence-electron chi connectivity index (χ1n) is 7.74. The highest BCUT2D eigenvalue weighted by molar-refractivity contribution is 6.31. The van der Waals surface area contributed by atoms with E-state index in [1.807, 2.05) is 28.8 Å². The number of hydrogen-bond donors (Lipinski definition) is 1. The quantitative estimate of drug-likeness (QED) is 0.736. The van der Waals surface area contributed by atoms with Gasteiger partial charge in [0, 0.05) is 22.8 Å². The van der Waals surface area contributed by atoms with Crippen LogP contribution in [0.5, 0.6) is 0 Å². The lowest BCUT2D eigenvalue weighted by molar-refractivity contribution is -0.255. The molecule has 128 valence electrons. The highest BCUT2D eigenvalue weighted by atomic mass is 35.5. The fourth-order valence-electron chi connectivity index (χ4n) is 2.86. The van der Waals surface area contributed by atoms with Crippen molar-refractivity contribution in [3.8, 4) is 0 Å². The Labute approximate surface area is 149 Å². The van der Waals surface area contributed by atoms with Crippen LogP contribution >= 0.6 is 11.6 Å². The van der Waals surface area contributed by atoms with Crippen LogP contribution in [0.15, 0.2) is 48.5 Å². The van der Waals surface area contributed by atoms with Gasteiger partial charge in [0.15, 0.2) is 0 Å². The fraction of sp³-hybridized carbons (Fsp3) is 0.158. The van der Waals surface area contributed by atoms with Crippen LogP contribution in [0.2, 0.25) is 5.02 Å². The van der Waals surface area contributed by atoms with Crippen molar-refractivity contribution in [1.29, 1.82) is 0 Å². The third-order valence-corrected chi connectivity index (χ3v) is 4.48. The SMILES string of the molecule is O=C(O)CCc1cc2ccc(C(=O)[O-])cc2n1Cc1ccccc1Cl. The summed E-state index contributed by atoms with van der Waals surface area (Å²) < 4.78 is 1.91. The second-order valence-corrected chi connectivity index (χ2v) is 6.18. The molecular formula is C19H15ClNO4-. The molecule has 1 aromatic heterocycles. The van der Waals surface area contributed by atoms with Gasteiger partial charge in [-0.05, 0) is 41.1 Å². The van der Waals surface area contributed by atoms with Gasteiger partial charge < -0.3 is 19.6 Å². The molecule has 0 atom stereocenters. The Morgan fingerprint density at radius 1 is 1.12 bits per heavy atom. The summed E-state index contributed by atoms with van der Waals surface area (Å²) in [5.74, 6) is -2.13. The van der Waals surface area contributed by atoms with Gasteiger partial charge in [-0.25, -0.2) is 0 Å². The lowest BCUT2D eigenvalue weighted by atomic mass is 10.1. The lowest BCUT2D eigenvalue weighted by Crippen LogP contribution is -2.22. The Kier molecular flexibility index (Phi) is 4.76. The molecule has 25 heavy (non-hydrogen) atoms. The molecule has 0 fully saturated rings. The number of carbonyl (C=O) groups is 2. The number of hydrogen-bond acceptors (Lipinski definition) is 3. The summed E-state index contributed by atoms with van der Waals surface area (Å²) in [5.41, 5.74) is 2.47. The van der Waals surface area contributed by atoms with Crippen molar-refractivity contribution < 1.29 is 19.8 Å². The Hall–Kier alpha value is -2.79. The molecule has 0 bridgehead atoms. The van der Waals surface area contributed by atoms with Gasteiger partial charge in [0.05, 0.1) is 12.4 Å². The molecule has 0 amide bonds. The summed E-state index contributed by atoms with van der Waals surface area (Å²) >= 11 is 6.24. The number of nitrogens with zero attached hydrogens (tertiary/aromatic N) is 1. The van der Waals surface area contributed by atoms with Crippen LogP contribution < -0.4 is 5.11 Å². The highest BCUT2D eigenvalue weighted by Crippen LogP contribution is 2.26. The van der Waals surface area contributed by atoms with Gasteiger partial charge >= 0.3 is 5.97 Å². The first-order valence-corrected chi connectivity index (χ1v) is 8.12. The lowest BCUT2D eigenvalue weighted by Gasteiger charge is -2.13. The highest BCUT2D eigenvalue weighted by Gasteiger charge is 2.13. The van der Waals surface area contributed by atoms with Crippen molar-refractivity contribution in [3.63, 3.8) is 0 Å². The summed E-state index contributed by atoms with van der Waals surface area (Å²) in [5, 5.41) is 21.6. The molecule has 0 aliphatic rings. The maximum atomic E-state index is 11.2. The second kappa shape index (κ2) is 6.99. The third kappa shape index (κ3) is 3.67. The zero-order valence-corrected chi connectivity index (χ0v) is 14.0.